The topological polar surface area (TPSA) is 60.2 Å². The summed E-state index contributed by atoms with van der Waals surface area (Å²) in [5, 5.41) is 4.99. The molecule has 0 saturated carbocycles. The van der Waals surface area contributed by atoms with E-state index in [2.05, 4.69) is 0 Å². The molecule has 0 aliphatic heterocycles. The van der Waals surface area contributed by atoms with Gasteiger partial charge in [-0.25, -0.2) is 13.6 Å². The molecule has 16 heavy (non-hydrogen) atoms. The fourth-order valence-electron chi connectivity index (χ4n) is 1.41. The minimum Gasteiger partial charge on any atom is -0.228 e. The number of rotatable bonds is 3. The van der Waals surface area contributed by atoms with Crippen molar-refractivity contribution in [3.8, 4) is 10.4 Å². The maximum Gasteiger partial charge on any atom is 0.214 e. The van der Waals surface area contributed by atoms with Crippen molar-refractivity contribution in [2.45, 2.75) is 5.75 Å². The predicted molar refractivity (Wildman–Crippen MR) is 66.6 cm³/mol. The van der Waals surface area contributed by atoms with Gasteiger partial charge in [0.05, 0.1) is 5.75 Å². The van der Waals surface area contributed by atoms with Crippen LogP contribution in [0, 0.1) is 0 Å². The molecule has 0 fully saturated rings. The van der Waals surface area contributed by atoms with E-state index in [0.29, 0.717) is 0 Å². The van der Waals surface area contributed by atoms with Gasteiger partial charge in [-0.15, -0.1) is 11.3 Å². The monoisotopic (exact) mass is 253 g/mol. The summed E-state index contributed by atoms with van der Waals surface area (Å²) in [4.78, 5) is 1.82. The zero-order chi connectivity index (χ0) is 11.6. The third kappa shape index (κ3) is 2.91. The van der Waals surface area contributed by atoms with Gasteiger partial charge in [-0.1, -0.05) is 30.3 Å². The smallest absolute Gasteiger partial charge is 0.214 e. The van der Waals surface area contributed by atoms with Crippen molar-refractivity contribution in [1.82, 2.24) is 0 Å². The molecule has 1 heterocycles. The van der Waals surface area contributed by atoms with Crippen LogP contribution in [0.2, 0.25) is 0 Å². The molecule has 3 nitrogen and oxygen atoms in total. The molecule has 5 heteroatoms. The Hall–Kier alpha value is -1.17. The van der Waals surface area contributed by atoms with E-state index < -0.39 is 10.0 Å². The summed E-state index contributed by atoms with van der Waals surface area (Å²) in [5.74, 6) is -0.0928. The summed E-state index contributed by atoms with van der Waals surface area (Å²) < 4.78 is 21.9. The van der Waals surface area contributed by atoms with Gasteiger partial charge >= 0.3 is 0 Å². The molecule has 1 aromatic heterocycles. The van der Waals surface area contributed by atoms with Crippen molar-refractivity contribution in [2.24, 2.45) is 5.14 Å². The molecule has 0 amide bonds. The van der Waals surface area contributed by atoms with E-state index in [0.717, 1.165) is 15.3 Å². The van der Waals surface area contributed by atoms with Gasteiger partial charge in [-0.05, 0) is 17.7 Å². The second-order valence-electron chi connectivity index (χ2n) is 3.44. The lowest BCUT2D eigenvalue weighted by Crippen LogP contribution is -2.13. The number of nitrogens with two attached hydrogens (primary N) is 1. The Morgan fingerprint density at radius 3 is 2.38 bits per heavy atom. The van der Waals surface area contributed by atoms with Crippen LogP contribution in [0.15, 0.2) is 42.5 Å². The highest BCUT2D eigenvalue weighted by Crippen LogP contribution is 2.28. The van der Waals surface area contributed by atoms with Gasteiger partial charge in [-0.2, -0.15) is 0 Å². The number of sulfonamides is 1. The fourth-order valence-corrected chi connectivity index (χ4v) is 3.44. The van der Waals surface area contributed by atoms with Gasteiger partial charge in [0.25, 0.3) is 0 Å². The van der Waals surface area contributed by atoms with Crippen molar-refractivity contribution >= 4 is 21.4 Å². The number of benzene rings is 1. The third-order valence-corrected chi connectivity index (χ3v) is 4.09. The number of hydrogen-bond acceptors (Lipinski definition) is 3. The van der Waals surface area contributed by atoms with Crippen molar-refractivity contribution in [1.29, 1.82) is 0 Å². The molecule has 2 rings (SSSR count). The minimum absolute atomic E-state index is 0.0928. The van der Waals surface area contributed by atoms with Crippen LogP contribution in [0.4, 0.5) is 0 Å². The SMILES string of the molecule is NS(=O)(=O)Cc1ccc(-c2ccccc2)s1. The molecule has 0 unspecified atom stereocenters. The van der Waals surface area contributed by atoms with E-state index >= 15 is 0 Å². The summed E-state index contributed by atoms with van der Waals surface area (Å²) in [7, 11) is -3.44. The Morgan fingerprint density at radius 2 is 1.75 bits per heavy atom. The Bertz CT molecular complexity index is 573. The molecule has 2 aromatic rings. The normalized spacial score (nSPS) is 11.6. The van der Waals surface area contributed by atoms with Gasteiger partial charge in [0.15, 0.2) is 0 Å². The molecular weight excluding hydrogens is 242 g/mol. The Kier molecular flexibility index (Phi) is 3.09. The molecule has 0 radical (unpaired) electrons. The average Bonchev–Trinajstić information content (AvgIpc) is 2.65. The molecule has 2 N–H and O–H groups in total. The van der Waals surface area contributed by atoms with Gasteiger partial charge in [0.1, 0.15) is 0 Å². The van der Waals surface area contributed by atoms with Crippen LogP contribution in [0.5, 0.6) is 0 Å². The molecule has 84 valence electrons. The first-order chi connectivity index (χ1) is 7.54. The van der Waals surface area contributed by atoms with Crippen molar-refractivity contribution < 1.29 is 8.42 Å². The van der Waals surface area contributed by atoms with E-state index in [1.165, 1.54) is 11.3 Å². The van der Waals surface area contributed by atoms with E-state index in [9.17, 15) is 8.42 Å². The average molecular weight is 253 g/mol. The van der Waals surface area contributed by atoms with Crippen LogP contribution in [-0.2, 0) is 15.8 Å². The van der Waals surface area contributed by atoms with Crippen LogP contribution >= 0.6 is 11.3 Å². The lowest BCUT2D eigenvalue weighted by atomic mass is 10.2. The minimum atomic E-state index is -3.44. The first-order valence-corrected chi connectivity index (χ1v) is 7.22. The molecule has 0 atom stereocenters. The molecule has 1 aromatic carbocycles. The van der Waals surface area contributed by atoms with E-state index in [-0.39, 0.29) is 5.75 Å². The highest BCUT2D eigenvalue weighted by Gasteiger charge is 2.08. The number of hydrogen-bond donors (Lipinski definition) is 1. The lowest BCUT2D eigenvalue weighted by molar-refractivity contribution is 0.597. The maximum atomic E-state index is 10.9. The third-order valence-electron chi connectivity index (χ3n) is 2.06. The van der Waals surface area contributed by atoms with Crippen LogP contribution in [-0.4, -0.2) is 8.42 Å². The summed E-state index contributed by atoms with van der Waals surface area (Å²) in [6.45, 7) is 0. The molecule has 0 spiro atoms. The van der Waals surface area contributed by atoms with Crippen molar-refractivity contribution in [3.63, 3.8) is 0 Å². The number of thiophene rings is 1. The zero-order valence-corrected chi connectivity index (χ0v) is 10.1. The van der Waals surface area contributed by atoms with E-state index in [1.807, 2.05) is 36.4 Å². The molecule has 0 aliphatic carbocycles. The van der Waals surface area contributed by atoms with Crippen LogP contribution in [0.1, 0.15) is 4.88 Å². The molecular formula is C11H11NO2S2. The highest BCUT2D eigenvalue weighted by molar-refractivity contribution is 7.88. The second kappa shape index (κ2) is 4.37. The first kappa shape index (κ1) is 11.3. The predicted octanol–water partition coefficient (Wildman–Crippen LogP) is 2.20. The van der Waals surface area contributed by atoms with Crippen LogP contribution in [0.3, 0.4) is 0 Å². The lowest BCUT2D eigenvalue weighted by Gasteiger charge is -1.95. The summed E-state index contributed by atoms with van der Waals surface area (Å²) in [5.41, 5.74) is 1.09. The quantitative estimate of drug-likeness (QED) is 0.911. The second-order valence-corrected chi connectivity index (χ2v) is 6.22. The molecule has 0 saturated heterocycles. The standard InChI is InChI=1S/C11H11NO2S2/c12-16(13,14)8-10-6-7-11(15-10)9-4-2-1-3-5-9/h1-7H,8H2,(H2,12,13,14). The van der Waals surface area contributed by atoms with E-state index in [1.54, 1.807) is 6.07 Å². The van der Waals surface area contributed by atoms with Gasteiger partial charge in [0, 0.05) is 9.75 Å². The zero-order valence-electron chi connectivity index (χ0n) is 8.46. The summed E-state index contributed by atoms with van der Waals surface area (Å²) in [6.07, 6.45) is 0. The van der Waals surface area contributed by atoms with E-state index in [4.69, 9.17) is 5.14 Å². The highest BCUT2D eigenvalue weighted by atomic mass is 32.2. The fraction of sp³-hybridized carbons (Fsp3) is 0.0909. The summed E-state index contributed by atoms with van der Waals surface area (Å²) in [6, 6.07) is 13.6. The Balaban J connectivity index is 2.27. The largest absolute Gasteiger partial charge is 0.228 e. The van der Waals surface area contributed by atoms with Crippen LogP contribution in [0.25, 0.3) is 10.4 Å². The Morgan fingerprint density at radius 1 is 1.06 bits per heavy atom. The Labute approximate surface area is 98.6 Å². The van der Waals surface area contributed by atoms with Gasteiger partial charge < -0.3 is 0 Å². The molecule has 0 bridgehead atoms. The van der Waals surface area contributed by atoms with Crippen molar-refractivity contribution in [2.75, 3.05) is 0 Å². The summed E-state index contributed by atoms with van der Waals surface area (Å²) >= 11 is 1.45. The number of primary sulfonamides is 1. The first-order valence-electron chi connectivity index (χ1n) is 4.69. The van der Waals surface area contributed by atoms with Crippen molar-refractivity contribution in [3.05, 3.63) is 47.3 Å². The molecule has 0 aliphatic rings. The van der Waals surface area contributed by atoms with Gasteiger partial charge in [0.2, 0.25) is 10.0 Å². The van der Waals surface area contributed by atoms with Gasteiger partial charge in [-0.3, -0.25) is 0 Å². The maximum absolute atomic E-state index is 10.9. The van der Waals surface area contributed by atoms with Crippen LogP contribution < -0.4 is 5.14 Å².